The van der Waals surface area contributed by atoms with E-state index in [1.165, 1.54) is 32.2 Å². The molecule has 1 saturated heterocycles. The van der Waals surface area contributed by atoms with Crippen LogP contribution in [0.1, 0.15) is 69.3 Å². The Hall–Kier alpha value is -3.42. The summed E-state index contributed by atoms with van der Waals surface area (Å²) < 4.78 is 31.6. The summed E-state index contributed by atoms with van der Waals surface area (Å²) in [5.41, 5.74) is 2.03. The van der Waals surface area contributed by atoms with Gasteiger partial charge in [-0.2, -0.15) is 0 Å². The zero-order valence-electron chi connectivity index (χ0n) is 21.3. The third kappa shape index (κ3) is 3.94. The standard InChI is InChI=1S/C27H28FNO10/c1-9-21(31)20(29)19(28)26(38-9)39-14-8-27(36,10(2)30)7-12-16(14)25(35)18-17(23(12)33)22(32)11-5-4-6-13(37-3)15(11)24(18)34/h4-6,9,14,19-21,26,31,33,35-36H,7-8,29H2,1-3H3/t9-,14-,19+,20-,21+,26-,27-/m0/s1. The summed E-state index contributed by atoms with van der Waals surface area (Å²) in [7, 11) is 1.31. The second-order valence-electron chi connectivity index (χ2n) is 10.2. The number of fused-ring (bicyclic) bond motifs is 3. The molecule has 1 heterocycles. The van der Waals surface area contributed by atoms with Gasteiger partial charge in [0.05, 0.1) is 48.2 Å². The van der Waals surface area contributed by atoms with Gasteiger partial charge in [-0.15, -0.1) is 0 Å². The summed E-state index contributed by atoms with van der Waals surface area (Å²) >= 11 is 0. The number of ketones is 3. The Kier molecular flexibility index (Phi) is 6.51. The van der Waals surface area contributed by atoms with Crippen molar-refractivity contribution in [1.29, 1.82) is 0 Å². The number of Topliss-reactive ketones (excluding diaryl/α,β-unsaturated/α-hetero) is 1. The number of aliphatic hydroxyl groups is 2. The minimum Gasteiger partial charge on any atom is -0.507 e. The van der Waals surface area contributed by atoms with Crippen LogP contribution in [0.15, 0.2) is 18.2 Å². The van der Waals surface area contributed by atoms with E-state index in [1.54, 1.807) is 0 Å². The number of phenols is 2. The van der Waals surface area contributed by atoms with Gasteiger partial charge in [-0.05, 0) is 19.9 Å². The summed E-state index contributed by atoms with van der Waals surface area (Å²) in [4.78, 5) is 39.6. The van der Waals surface area contributed by atoms with Crippen molar-refractivity contribution in [2.45, 2.75) is 69.1 Å². The topological polar surface area (TPSA) is 186 Å². The molecule has 2 aromatic rings. The van der Waals surface area contributed by atoms with Crippen LogP contribution in [-0.4, -0.2) is 81.2 Å². The highest BCUT2D eigenvalue weighted by Crippen LogP contribution is 2.52. The summed E-state index contributed by atoms with van der Waals surface area (Å²) in [6.07, 6.45) is -8.52. The number of carbonyl (C=O) groups excluding carboxylic acids is 3. The van der Waals surface area contributed by atoms with E-state index in [-0.39, 0.29) is 28.0 Å². The van der Waals surface area contributed by atoms with Gasteiger partial charge in [-0.1, -0.05) is 12.1 Å². The van der Waals surface area contributed by atoms with Crippen LogP contribution in [0.5, 0.6) is 17.2 Å². The molecule has 39 heavy (non-hydrogen) atoms. The Morgan fingerprint density at radius 2 is 1.82 bits per heavy atom. The average Bonchev–Trinajstić information content (AvgIpc) is 2.90. The van der Waals surface area contributed by atoms with Crippen molar-refractivity contribution in [2.24, 2.45) is 5.73 Å². The van der Waals surface area contributed by atoms with Crippen molar-refractivity contribution in [1.82, 2.24) is 0 Å². The first-order valence-electron chi connectivity index (χ1n) is 12.3. The largest absolute Gasteiger partial charge is 0.507 e. The van der Waals surface area contributed by atoms with Crippen molar-refractivity contribution in [3.8, 4) is 17.2 Å². The Morgan fingerprint density at radius 1 is 1.15 bits per heavy atom. The molecule has 0 unspecified atom stereocenters. The van der Waals surface area contributed by atoms with Gasteiger partial charge in [0.2, 0.25) is 5.78 Å². The monoisotopic (exact) mass is 545 g/mol. The maximum absolute atomic E-state index is 15.1. The maximum Gasteiger partial charge on any atom is 0.202 e. The molecule has 0 spiro atoms. The first-order chi connectivity index (χ1) is 18.3. The quantitative estimate of drug-likeness (QED) is 0.294. The lowest BCUT2D eigenvalue weighted by Crippen LogP contribution is -2.60. The number of benzene rings is 2. The molecule has 0 saturated carbocycles. The molecule has 12 heteroatoms. The molecule has 6 N–H and O–H groups in total. The highest BCUT2D eigenvalue weighted by molar-refractivity contribution is 6.31. The fraction of sp³-hybridized carbons (Fsp3) is 0.444. The van der Waals surface area contributed by atoms with Gasteiger partial charge in [0.15, 0.2) is 24.0 Å². The van der Waals surface area contributed by atoms with E-state index in [0.717, 1.165) is 6.92 Å². The number of aliphatic hydroxyl groups excluding tert-OH is 1. The molecule has 11 nitrogen and oxygen atoms in total. The van der Waals surface area contributed by atoms with Gasteiger partial charge in [0, 0.05) is 29.5 Å². The number of hydrogen-bond acceptors (Lipinski definition) is 11. The molecule has 0 bridgehead atoms. The molecule has 0 aromatic heterocycles. The number of aromatic hydroxyl groups is 2. The lowest BCUT2D eigenvalue weighted by Gasteiger charge is -2.43. The fourth-order valence-corrected chi connectivity index (χ4v) is 5.62. The molecule has 1 fully saturated rings. The Morgan fingerprint density at radius 3 is 2.46 bits per heavy atom. The minimum atomic E-state index is -2.13. The Balaban J connectivity index is 1.70. The van der Waals surface area contributed by atoms with Crippen molar-refractivity contribution in [3.63, 3.8) is 0 Å². The van der Waals surface area contributed by atoms with E-state index in [2.05, 4.69) is 0 Å². The van der Waals surface area contributed by atoms with Gasteiger partial charge in [0.25, 0.3) is 0 Å². The van der Waals surface area contributed by atoms with Crippen LogP contribution >= 0.6 is 0 Å². The van der Waals surface area contributed by atoms with Crippen LogP contribution in [0.2, 0.25) is 0 Å². The third-order valence-electron chi connectivity index (χ3n) is 7.88. The van der Waals surface area contributed by atoms with E-state index in [1.807, 2.05) is 0 Å². The van der Waals surface area contributed by atoms with E-state index in [4.69, 9.17) is 19.9 Å². The number of halogens is 1. The molecule has 2 aliphatic carbocycles. The molecule has 5 rings (SSSR count). The number of hydrogen-bond donors (Lipinski definition) is 5. The molecular formula is C27H28FNO10. The average molecular weight is 546 g/mol. The molecule has 0 amide bonds. The van der Waals surface area contributed by atoms with Gasteiger partial charge >= 0.3 is 0 Å². The number of ether oxygens (including phenoxy) is 3. The number of alkyl halides is 1. The smallest absolute Gasteiger partial charge is 0.202 e. The lowest BCUT2D eigenvalue weighted by molar-refractivity contribution is -0.273. The lowest BCUT2D eigenvalue weighted by atomic mass is 9.72. The van der Waals surface area contributed by atoms with Gasteiger partial charge < -0.3 is 40.4 Å². The van der Waals surface area contributed by atoms with Crippen molar-refractivity contribution >= 4 is 17.3 Å². The first-order valence-corrected chi connectivity index (χ1v) is 12.3. The Labute approximate surface area is 221 Å². The SMILES string of the molecule is COc1cccc2c1C(=O)c1c(O)c3c(c(O)c1C2=O)C[C@@](O)(C(C)=O)C[C@@H]3O[C@@H]1O[C@@H](C)[C@@H](O)[C@@H](N)[C@H]1F. The summed E-state index contributed by atoms with van der Waals surface area (Å²) in [5, 5.41) is 44.0. The molecule has 1 aliphatic heterocycles. The van der Waals surface area contributed by atoms with E-state index in [0.29, 0.717) is 0 Å². The van der Waals surface area contributed by atoms with Crippen LogP contribution < -0.4 is 10.5 Å². The Bertz CT molecular complexity index is 1410. The van der Waals surface area contributed by atoms with E-state index in [9.17, 15) is 34.8 Å². The normalized spacial score (nSPS) is 31.8. The number of methoxy groups -OCH3 is 1. The van der Waals surface area contributed by atoms with Crippen LogP contribution in [0.25, 0.3) is 0 Å². The van der Waals surface area contributed by atoms with E-state index < -0.39 is 95.2 Å². The molecule has 3 aliphatic rings. The van der Waals surface area contributed by atoms with Gasteiger partial charge in [-0.3, -0.25) is 14.4 Å². The molecular weight excluding hydrogens is 517 g/mol. The molecule has 208 valence electrons. The maximum atomic E-state index is 15.1. The summed E-state index contributed by atoms with van der Waals surface area (Å²) in [6.45, 7) is 2.56. The van der Waals surface area contributed by atoms with Gasteiger partial charge in [-0.25, -0.2) is 4.39 Å². The second-order valence-corrected chi connectivity index (χ2v) is 10.2. The van der Waals surface area contributed by atoms with Crippen LogP contribution in [0, 0.1) is 0 Å². The van der Waals surface area contributed by atoms with E-state index >= 15 is 4.39 Å². The zero-order valence-corrected chi connectivity index (χ0v) is 21.3. The van der Waals surface area contributed by atoms with Crippen LogP contribution in [0.4, 0.5) is 4.39 Å². The predicted molar refractivity (Wildman–Crippen MR) is 131 cm³/mol. The summed E-state index contributed by atoms with van der Waals surface area (Å²) in [5.74, 6) is -3.68. The number of carbonyl (C=O) groups is 3. The molecule has 7 atom stereocenters. The number of nitrogens with two attached hydrogens (primary N) is 1. The minimum absolute atomic E-state index is 0.0654. The second kappa shape index (κ2) is 9.35. The van der Waals surface area contributed by atoms with Crippen molar-refractivity contribution < 1.29 is 53.4 Å². The fourth-order valence-electron chi connectivity index (χ4n) is 5.62. The van der Waals surface area contributed by atoms with Crippen molar-refractivity contribution in [3.05, 3.63) is 51.6 Å². The van der Waals surface area contributed by atoms with Gasteiger partial charge in [0.1, 0.15) is 22.8 Å². The summed E-state index contributed by atoms with van der Waals surface area (Å²) in [6, 6.07) is 2.93. The molecule has 2 aromatic carbocycles. The highest BCUT2D eigenvalue weighted by atomic mass is 19.1. The van der Waals surface area contributed by atoms with Crippen molar-refractivity contribution in [2.75, 3.05) is 7.11 Å². The number of phenolic OH excluding ortho intramolecular Hbond substituents is 2. The molecule has 0 radical (unpaired) electrons. The van der Waals surface area contributed by atoms with Crippen LogP contribution in [0.3, 0.4) is 0 Å². The first kappa shape index (κ1) is 27.2. The third-order valence-corrected chi connectivity index (χ3v) is 7.88. The highest BCUT2D eigenvalue weighted by Gasteiger charge is 2.51. The predicted octanol–water partition coefficient (Wildman–Crippen LogP) is 0.977. The van der Waals surface area contributed by atoms with Crippen LogP contribution in [-0.2, 0) is 20.7 Å². The number of rotatable bonds is 4. The zero-order chi connectivity index (χ0) is 28.5.